The molecule has 0 unspecified atom stereocenters. The molecule has 0 radical (unpaired) electrons. The van der Waals surface area contributed by atoms with Crippen LogP contribution in [0.25, 0.3) is 0 Å². The first-order valence-corrected chi connectivity index (χ1v) is 5.89. The number of carbonyl (C=O) groups excluding carboxylic acids is 2. The molecule has 2 N–H and O–H groups in total. The van der Waals surface area contributed by atoms with E-state index in [-0.39, 0.29) is 19.1 Å². The van der Waals surface area contributed by atoms with Crippen molar-refractivity contribution in [2.45, 2.75) is 32.1 Å². The number of carbonyl (C=O) groups is 2. The summed E-state index contributed by atoms with van der Waals surface area (Å²) in [5, 5.41) is 0. The minimum atomic E-state index is -0.868. The molecule has 0 aromatic rings. The average molecular weight is 241 g/mol. The molecular weight excluding hydrogens is 222 g/mol. The molecule has 1 rings (SSSR count). The molecule has 1 fully saturated rings. The number of ether oxygens (including phenoxy) is 2. The minimum absolute atomic E-state index is 0.0149. The Morgan fingerprint density at radius 2 is 1.71 bits per heavy atom. The summed E-state index contributed by atoms with van der Waals surface area (Å²) < 4.78 is 9.39. The SMILES string of the molecule is C=C(C(=O)OCCOC(N)=O)C1CCCCC1. The molecule has 1 amide bonds. The van der Waals surface area contributed by atoms with E-state index >= 15 is 0 Å². The summed E-state index contributed by atoms with van der Waals surface area (Å²) in [5.74, 6) is -0.154. The van der Waals surface area contributed by atoms with Crippen molar-refractivity contribution in [1.29, 1.82) is 0 Å². The molecule has 1 saturated carbocycles. The van der Waals surface area contributed by atoms with Crippen LogP contribution in [0.15, 0.2) is 12.2 Å². The Labute approximate surface area is 101 Å². The van der Waals surface area contributed by atoms with Crippen molar-refractivity contribution in [2.75, 3.05) is 13.2 Å². The first-order valence-electron chi connectivity index (χ1n) is 5.89. The number of amides is 1. The van der Waals surface area contributed by atoms with Crippen LogP contribution < -0.4 is 5.73 Å². The summed E-state index contributed by atoms with van der Waals surface area (Å²) in [6, 6.07) is 0. The average Bonchev–Trinajstić information content (AvgIpc) is 2.34. The Hall–Kier alpha value is -1.52. The Bertz CT molecular complexity index is 295. The van der Waals surface area contributed by atoms with Crippen molar-refractivity contribution < 1.29 is 19.1 Å². The highest BCUT2D eigenvalue weighted by atomic mass is 16.6. The van der Waals surface area contributed by atoms with Gasteiger partial charge in [-0.25, -0.2) is 9.59 Å². The second-order valence-electron chi connectivity index (χ2n) is 4.16. The van der Waals surface area contributed by atoms with Gasteiger partial charge in [-0.2, -0.15) is 0 Å². The van der Waals surface area contributed by atoms with Gasteiger partial charge in [-0.1, -0.05) is 25.8 Å². The van der Waals surface area contributed by atoms with Crippen LogP contribution in [0.2, 0.25) is 0 Å². The van der Waals surface area contributed by atoms with Gasteiger partial charge in [0.25, 0.3) is 0 Å². The second-order valence-corrected chi connectivity index (χ2v) is 4.16. The van der Waals surface area contributed by atoms with Crippen molar-refractivity contribution in [3.63, 3.8) is 0 Å². The fourth-order valence-electron chi connectivity index (χ4n) is 1.99. The molecule has 1 aliphatic rings. The smallest absolute Gasteiger partial charge is 0.404 e. The molecule has 1 aliphatic carbocycles. The molecule has 5 nitrogen and oxygen atoms in total. The lowest BCUT2D eigenvalue weighted by Gasteiger charge is -2.22. The molecule has 0 bridgehead atoms. The minimum Gasteiger partial charge on any atom is -0.459 e. The van der Waals surface area contributed by atoms with E-state index < -0.39 is 12.1 Å². The maximum atomic E-state index is 11.6. The molecule has 0 aliphatic heterocycles. The van der Waals surface area contributed by atoms with Crippen LogP contribution in [0.1, 0.15) is 32.1 Å². The van der Waals surface area contributed by atoms with Crippen molar-refractivity contribution in [1.82, 2.24) is 0 Å². The summed E-state index contributed by atoms with van der Waals surface area (Å²) in [5.41, 5.74) is 5.30. The molecule has 96 valence electrons. The van der Waals surface area contributed by atoms with E-state index in [2.05, 4.69) is 11.3 Å². The van der Waals surface area contributed by atoms with Gasteiger partial charge in [0.15, 0.2) is 0 Å². The summed E-state index contributed by atoms with van der Waals surface area (Å²) >= 11 is 0. The van der Waals surface area contributed by atoms with Crippen LogP contribution in [-0.4, -0.2) is 25.3 Å². The molecule has 0 atom stereocenters. The molecule has 0 aromatic heterocycles. The molecule has 0 spiro atoms. The van der Waals surface area contributed by atoms with E-state index in [4.69, 9.17) is 10.5 Å². The van der Waals surface area contributed by atoms with E-state index in [0.717, 1.165) is 25.7 Å². The zero-order valence-electron chi connectivity index (χ0n) is 9.94. The number of esters is 1. The summed E-state index contributed by atoms with van der Waals surface area (Å²) in [4.78, 5) is 21.9. The zero-order valence-corrected chi connectivity index (χ0v) is 9.94. The zero-order chi connectivity index (χ0) is 12.7. The quantitative estimate of drug-likeness (QED) is 0.452. The van der Waals surface area contributed by atoms with Crippen molar-refractivity contribution in [3.8, 4) is 0 Å². The van der Waals surface area contributed by atoms with Gasteiger partial charge in [-0.05, 0) is 18.8 Å². The molecule has 0 saturated heterocycles. The van der Waals surface area contributed by atoms with E-state index in [1.807, 2.05) is 0 Å². The van der Waals surface area contributed by atoms with Crippen LogP contribution in [0.3, 0.4) is 0 Å². The van der Waals surface area contributed by atoms with Crippen molar-refractivity contribution in [2.24, 2.45) is 11.7 Å². The lowest BCUT2D eigenvalue weighted by atomic mass is 9.84. The van der Waals surface area contributed by atoms with Crippen LogP contribution >= 0.6 is 0 Å². The third kappa shape index (κ3) is 4.89. The number of nitrogens with two attached hydrogens (primary N) is 1. The Morgan fingerprint density at radius 3 is 2.29 bits per heavy atom. The first-order chi connectivity index (χ1) is 8.11. The monoisotopic (exact) mass is 241 g/mol. The normalized spacial score (nSPS) is 16.2. The Kier molecular flexibility index (Phi) is 5.52. The van der Waals surface area contributed by atoms with Gasteiger partial charge in [0.2, 0.25) is 0 Å². The molecule has 5 heteroatoms. The maximum Gasteiger partial charge on any atom is 0.404 e. The predicted octanol–water partition coefficient (Wildman–Crippen LogP) is 1.76. The fourth-order valence-corrected chi connectivity index (χ4v) is 1.99. The predicted molar refractivity (Wildman–Crippen MR) is 62.2 cm³/mol. The lowest BCUT2D eigenvalue weighted by Crippen LogP contribution is -2.21. The number of primary amides is 1. The van der Waals surface area contributed by atoms with Gasteiger partial charge < -0.3 is 15.2 Å². The first kappa shape index (κ1) is 13.5. The maximum absolute atomic E-state index is 11.6. The van der Waals surface area contributed by atoms with E-state index in [1.54, 1.807) is 0 Å². The molecule has 0 aromatic carbocycles. The second kappa shape index (κ2) is 6.93. The standard InChI is InChI=1S/C12H19NO4/c1-9(10-5-3-2-4-6-10)11(14)16-7-8-17-12(13)15/h10H,1-8H2,(H2,13,15). The van der Waals surface area contributed by atoms with Gasteiger partial charge >= 0.3 is 12.1 Å². The van der Waals surface area contributed by atoms with Gasteiger partial charge in [-0.3, -0.25) is 0 Å². The highest BCUT2D eigenvalue weighted by molar-refractivity contribution is 5.88. The van der Waals surface area contributed by atoms with Crippen LogP contribution in [0.4, 0.5) is 4.79 Å². The van der Waals surface area contributed by atoms with Gasteiger partial charge in [0.1, 0.15) is 13.2 Å². The fraction of sp³-hybridized carbons (Fsp3) is 0.667. The number of hydrogen-bond donors (Lipinski definition) is 1. The van der Waals surface area contributed by atoms with E-state index in [9.17, 15) is 9.59 Å². The van der Waals surface area contributed by atoms with Gasteiger partial charge in [0, 0.05) is 5.57 Å². The third-order valence-corrected chi connectivity index (χ3v) is 2.92. The van der Waals surface area contributed by atoms with E-state index in [0.29, 0.717) is 5.57 Å². The highest BCUT2D eigenvalue weighted by Gasteiger charge is 2.22. The van der Waals surface area contributed by atoms with Crippen molar-refractivity contribution in [3.05, 3.63) is 12.2 Å². The Morgan fingerprint density at radius 1 is 1.12 bits per heavy atom. The van der Waals surface area contributed by atoms with Crippen LogP contribution in [-0.2, 0) is 14.3 Å². The number of rotatable bonds is 5. The van der Waals surface area contributed by atoms with Crippen LogP contribution in [0, 0.1) is 5.92 Å². The van der Waals surface area contributed by atoms with E-state index in [1.165, 1.54) is 6.42 Å². The molecular formula is C12H19NO4. The topological polar surface area (TPSA) is 78.6 Å². The van der Waals surface area contributed by atoms with Gasteiger partial charge in [-0.15, -0.1) is 0 Å². The summed E-state index contributed by atoms with van der Waals surface area (Å²) in [6.07, 6.45) is 4.65. The Balaban J connectivity index is 2.22. The summed E-state index contributed by atoms with van der Waals surface area (Å²) in [6.45, 7) is 3.79. The third-order valence-electron chi connectivity index (χ3n) is 2.92. The number of hydrogen-bond acceptors (Lipinski definition) is 4. The largest absolute Gasteiger partial charge is 0.459 e. The van der Waals surface area contributed by atoms with Crippen molar-refractivity contribution >= 4 is 12.1 Å². The van der Waals surface area contributed by atoms with Gasteiger partial charge in [0.05, 0.1) is 0 Å². The highest BCUT2D eigenvalue weighted by Crippen LogP contribution is 2.29. The molecule has 17 heavy (non-hydrogen) atoms. The lowest BCUT2D eigenvalue weighted by molar-refractivity contribution is -0.140. The molecule has 0 heterocycles. The summed E-state index contributed by atoms with van der Waals surface area (Å²) in [7, 11) is 0. The van der Waals surface area contributed by atoms with Crippen LogP contribution in [0.5, 0.6) is 0 Å².